The van der Waals surface area contributed by atoms with Gasteiger partial charge in [-0.2, -0.15) is 0 Å². The Kier molecular flexibility index (Phi) is 6.03. The van der Waals surface area contributed by atoms with E-state index in [0.717, 1.165) is 25.8 Å². The average Bonchev–Trinajstić information content (AvgIpc) is 2.46. The fourth-order valence-electron chi connectivity index (χ4n) is 2.11. The Morgan fingerprint density at radius 1 is 1.32 bits per heavy atom. The molecule has 1 amide bonds. The maximum Gasteiger partial charge on any atom is 0.229 e. The van der Waals surface area contributed by atoms with Gasteiger partial charge in [0.1, 0.15) is 0 Å². The van der Waals surface area contributed by atoms with Gasteiger partial charge >= 0.3 is 0 Å². The predicted octanol–water partition coefficient (Wildman–Crippen LogP) is 2.45. The second-order valence-electron chi connectivity index (χ2n) is 5.43. The topological polar surface area (TPSA) is 46.3 Å². The van der Waals surface area contributed by atoms with E-state index in [1.165, 1.54) is 5.56 Å². The van der Waals surface area contributed by atoms with Crippen LogP contribution in [0.15, 0.2) is 30.3 Å². The van der Waals surface area contributed by atoms with E-state index < -0.39 is 5.41 Å². The van der Waals surface area contributed by atoms with Crippen LogP contribution in [-0.2, 0) is 11.2 Å². The van der Waals surface area contributed by atoms with Crippen molar-refractivity contribution in [1.82, 2.24) is 4.90 Å². The van der Waals surface area contributed by atoms with Crippen LogP contribution in [0.25, 0.3) is 0 Å². The van der Waals surface area contributed by atoms with Crippen LogP contribution in [0.5, 0.6) is 0 Å². The number of benzene rings is 1. The molecule has 0 radical (unpaired) electrons. The summed E-state index contributed by atoms with van der Waals surface area (Å²) in [7, 11) is 1.87. The van der Waals surface area contributed by atoms with E-state index in [9.17, 15) is 4.79 Å². The van der Waals surface area contributed by atoms with E-state index in [1.54, 1.807) is 0 Å². The summed E-state index contributed by atoms with van der Waals surface area (Å²) >= 11 is 0. The lowest BCUT2D eigenvalue weighted by Gasteiger charge is -2.30. The van der Waals surface area contributed by atoms with Crippen molar-refractivity contribution in [2.45, 2.75) is 33.1 Å². The molecule has 0 heterocycles. The van der Waals surface area contributed by atoms with Crippen LogP contribution in [-0.4, -0.2) is 30.9 Å². The predicted molar refractivity (Wildman–Crippen MR) is 79.9 cm³/mol. The van der Waals surface area contributed by atoms with Gasteiger partial charge in [0, 0.05) is 20.1 Å². The Morgan fingerprint density at radius 3 is 2.47 bits per heavy atom. The van der Waals surface area contributed by atoms with E-state index in [0.29, 0.717) is 6.54 Å². The van der Waals surface area contributed by atoms with E-state index >= 15 is 0 Å². The van der Waals surface area contributed by atoms with E-state index in [4.69, 9.17) is 5.73 Å². The minimum Gasteiger partial charge on any atom is -0.345 e. The summed E-state index contributed by atoms with van der Waals surface area (Å²) in [4.78, 5) is 14.1. The Labute approximate surface area is 116 Å². The Hall–Kier alpha value is -1.35. The first-order valence-electron chi connectivity index (χ1n) is 7.03. The molecule has 3 heteroatoms. The zero-order valence-electron chi connectivity index (χ0n) is 12.4. The van der Waals surface area contributed by atoms with Crippen LogP contribution < -0.4 is 5.73 Å². The van der Waals surface area contributed by atoms with Crippen molar-refractivity contribution in [3.8, 4) is 0 Å². The molecule has 2 N–H and O–H groups in total. The molecule has 1 aromatic rings. The molecule has 0 aromatic heterocycles. The van der Waals surface area contributed by atoms with Crippen molar-refractivity contribution in [3.05, 3.63) is 35.9 Å². The highest BCUT2D eigenvalue weighted by Gasteiger charge is 2.31. The van der Waals surface area contributed by atoms with Crippen LogP contribution in [0, 0.1) is 5.41 Å². The fraction of sp³-hybridized carbons (Fsp3) is 0.562. The molecule has 0 fully saturated rings. The summed E-state index contributed by atoms with van der Waals surface area (Å²) in [5.74, 6) is 0.158. The second-order valence-corrected chi connectivity index (χ2v) is 5.43. The Morgan fingerprint density at radius 2 is 1.95 bits per heavy atom. The molecule has 0 saturated carbocycles. The summed E-state index contributed by atoms with van der Waals surface area (Å²) in [6.07, 6.45) is 2.77. The van der Waals surface area contributed by atoms with E-state index in [1.807, 2.05) is 44.0 Å². The van der Waals surface area contributed by atoms with Crippen LogP contribution in [0.3, 0.4) is 0 Å². The van der Waals surface area contributed by atoms with E-state index in [2.05, 4.69) is 12.1 Å². The van der Waals surface area contributed by atoms with Crippen LogP contribution in [0.4, 0.5) is 0 Å². The van der Waals surface area contributed by atoms with Gasteiger partial charge in [-0.15, -0.1) is 0 Å². The zero-order valence-corrected chi connectivity index (χ0v) is 12.4. The summed E-state index contributed by atoms with van der Waals surface area (Å²) in [5, 5.41) is 0. The smallest absolute Gasteiger partial charge is 0.229 e. The van der Waals surface area contributed by atoms with Gasteiger partial charge in [-0.25, -0.2) is 0 Å². The van der Waals surface area contributed by atoms with Gasteiger partial charge in [0.05, 0.1) is 5.41 Å². The highest BCUT2D eigenvalue weighted by atomic mass is 16.2. The number of hydrogen-bond acceptors (Lipinski definition) is 2. The van der Waals surface area contributed by atoms with Crippen molar-refractivity contribution >= 4 is 5.91 Å². The average molecular weight is 262 g/mol. The molecule has 0 aliphatic carbocycles. The van der Waals surface area contributed by atoms with Gasteiger partial charge in [-0.3, -0.25) is 4.79 Å². The fourth-order valence-corrected chi connectivity index (χ4v) is 2.11. The molecule has 1 rings (SSSR count). The number of nitrogens with two attached hydrogens (primary N) is 1. The summed E-state index contributed by atoms with van der Waals surface area (Å²) in [6.45, 7) is 5.15. The molecule has 0 bridgehead atoms. The monoisotopic (exact) mass is 262 g/mol. The molecular formula is C16H26N2O. The standard InChI is InChI=1S/C16H26N2O/c1-4-16(2,13-17)15(19)18(3)12-8-11-14-9-6-5-7-10-14/h5-7,9-10H,4,8,11-13,17H2,1-3H3. The third-order valence-electron chi connectivity index (χ3n) is 3.90. The quantitative estimate of drug-likeness (QED) is 0.820. The van der Waals surface area contributed by atoms with Crippen LogP contribution >= 0.6 is 0 Å². The molecule has 0 aliphatic rings. The molecule has 1 atom stereocenters. The highest BCUT2D eigenvalue weighted by molar-refractivity contribution is 5.82. The maximum absolute atomic E-state index is 12.3. The summed E-state index contributed by atoms with van der Waals surface area (Å²) < 4.78 is 0. The van der Waals surface area contributed by atoms with Crippen molar-refractivity contribution in [1.29, 1.82) is 0 Å². The molecule has 1 unspecified atom stereocenters. The van der Waals surface area contributed by atoms with Crippen molar-refractivity contribution in [2.75, 3.05) is 20.1 Å². The van der Waals surface area contributed by atoms with Gasteiger partial charge < -0.3 is 10.6 Å². The third-order valence-corrected chi connectivity index (χ3v) is 3.90. The minimum absolute atomic E-state index is 0.158. The molecule has 1 aromatic carbocycles. The zero-order chi connectivity index (χ0) is 14.3. The number of carbonyl (C=O) groups excluding carboxylic acids is 1. The lowest BCUT2D eigenvalue weighted by molar-refractivity contribution is -0.139. The number of nitrogens with zero attached hydrogens (tertiary/aromatic N) is 1. The normalized spacial score (nSPS) is 13.9. The first kappa shape index (κ1) is 15.7. The first-order chi connectivity index (χ1) is 9.03. The Bertz CT molecular complexity index is 385. The van der Waals surface area contributed by atoms with Crippen molar-refractivity contribution in [2.24, 2.45) is 11.1 Å². The third kappa shape index (κ3) is 4.35. The lowest BCUT2D eigenvalue weighted by Crippen LogP contribution is -2.44. The molecule has 19 heavy (non-hydrogen) atoms. The Balaban J connectivity index is 2.43. The van der Waals surface area contributed by atoms with Gasteiger partial charge in [0.2, 0.25) is 5.91 Å². The molecular weight excluding hydrogens is 236 g/mol. The van der Waals surface area contributed by atoms with Gasteiger partial charge in [-0.05, 0) is 31.7 Å². The van der Waals surface area contributed by atoms with Gasteiger partial charge in [0.25, 0.3) is 0 Å². The second kappa shape index (κ2) is 7.29. The number of hydrogen-bond donors (Lipinski definition) is 1. The maximum atomic E-state index is 12.3. The number of carbonyl (C=O) groups is 1. The summed E-state index contributed by atoms with van der Waals surface area (Å²) in [5.41, 5.74) is 6.63. The van der Waals surface area contributed by atoms with Crippen molar-refractivity contribution in [3.63, 3.8) is 0 Å². The highest BCUT2D eigenvalue weighted by Crippen LogP contribution is 2.22. The molecule has 0 saturated heterocycles. The van der Waals surface area contributed by atoms with Gasteiger partial charge in [-0.1, -0.05) is 37.3 Å². The number of rotatable bonds is 7. The largest absolute Gasteiger partial charge is 0.345 e. The first-order valence-corrected chi connectivity index (χ1v) is 7.03. The molecule has 106 valence electrons. The van der Waals surface area contributed by atoms with E-state index in [-0.39, 0.29) is 5.91 Å². The van der Waals surface area contributed by atoms with Crippen molar-refractivity contribution < 1.29 is 4.79 Å². The molecule has 0 spiro atoms. The minimum atomic E-state index is -0.415. The molecule has 3 nitrogen and oxygen atoms in total. The number of aryl methyl sites for hydroxylation is 1. The van der Waals surface area contributed by atoms with Crippen LogP contribution in [0.1, 0.15) is 32.3 Å². The lowest BCUT2D eigenvalue weighted by atomic mass is 9.86. The SMILES string of the molecule is CCC(C)(CN)C(=O)N(C)CCCc1ccccc1. The van der Waals surface area contributed by atoms with Crippen LogP contribution in [0.2, 0.25) is 0 Å². The summed E-state index contributed by atoms with van der Waals surface area (Å²) in [6, 6.07) is 10.4. The molecule has 0 aliphatic heterocycles. The number of amides is 1. The van der Waals surface area contributed by atoms with Gasteiger partial charge in [0.15, 0.2) is 0 Å².